The number of rotatable bonds is 2. The highest BCUT2D eigenvalue weighted by molar-refractivity contribution is 5.90. The van der Waals surface area contributed by atoms with Crippen LogP contribution in [-0.2, 0) is 20.0 Å². The van der Waals surface area contributed by atoms with Crippen LogP contribution in [0.25, 0.3) is 0 Å². The fourth-order valence-corrected chi connectivity index (χ4v) is 2.64. The molecule has 2 heterocycles. The Kier molecular flexibility index (Phi) is 3.54. The summed E-state index contributed by atoms with van der Waals surface area (Å²) in [4.78, 5) is 25.1. The molecule has 7 nitrogen and oxygen atoms in total. The minimum absolute atomic E-state index is 0.0839. The zero-order valence-corrected chi connectivity index (χ0v) is 12.1. The maximum absolute atomic E-state index is 12.3. The molecule has 2 aromatic rings. The van der Waals surface area contributed by atoms with Gasteiger partial charge in [-0.15, -0.1) is 0 Å². The Bertz CT molecular complexity index is 724. The molecular weight excluding hydrogens is 284 g/mol. The van der Waals surface area contributed by atoms with Gasteiger partial charge in [0, 0.05) is 24.8 Å². The number of benzene rings is 1. The van der Waals surface area contributed by atoms with Crippen LogP contribution in [0.3, 0.4) is 0 Å². The Balaban J connectivity index is 1.77. The molecule has 2 N–H and O–H groups in total. The zero-order chi connectivity index (χ0) is 15.7. The predicted octanol–water partition coefficient (Wildman–Crippen LogP) is 1.71. The Morgan fingerprint density at radius 1 is 1.27 bits per heavy atom. The van der Waals surface area contributed by atoms with Crippen molar-refractivity contribution in [2.45, 2.75) is 13.0 Å². The Labute approximate surface area is 127 Å². The molecule has 2 amide bonds. The van der Waals surface area contributed by atoms with Gasteiger partial charge in [-0.1, -0.05) is 18.2 Å². The first-order chi connectivity index (χ1) is 10.6. The lowest BCUT2D eigenvalue weighted by molar-refractivity contribution is 0.0688. The van der Waals surface area contributed by atoms with Gasteiger partial charge in [0.05, 0.1) is 12.2 Å². The van der Waals surface area contributed by atoms with Gasteiger partial charge in [-0.25, -0.2) is 9.59 Å². The number of aromatic carboxylic acids is 1. The van der Waals surface area contributed by atoms with Crippen LogP contribution in [0.1, 0.15) is 21.7 Å². The van der Waals surface area contributed by atoms with E-state index in [4.69, 9.17) is 5.11 Å². The smallest absolute Gasteiger partial charge is 0.356 e. The van der Waals surface area contributed by atoms with Gasteiger partial charge < -0.3 is 15.3 Å². The second kappa shape index (κ2) is 5.51. The SMILES string of the molecule is Cn1nc(C(=O)O)c2c1CN(C(=O)Nc1ccccc1)CC2. The van der Waals surface area contributed by atoms with Crippen LogP contribution in [0.15, 0.2) is 30.3 Å². The summed E-state index contributed by atoms with van der Waals surface area (Å²) in [6, 6.07) is 9.02. The minimum Gasteiger partial charge on any atom is -0.476 e. The molecule has 0 aliphatic carbocycles. The van der Waals surface area contributed by atoms with Crippen LogP contribution in [-0.4, -0.2) is 38.3 Å². The fraction of sp³-hybridized carbons (Fsp3) is 0.267. The third-order valence-electron chi connectivity index (χ3n) is 3.76. The Hall–Kier alpha value is -2.83. The van der Waals surface area contributed by atoms with E-state index in [1.165, 1.54) is 0 Å². The lowest BCUT2D eigenvalue weighted by Gasteiger charge is -2.27. The largest absolute Gasteiger partial charge is 0.476 e. The summed E-state index contributed by atoms with van der Waals surface area (Å²) in [5, 5.41) is 16.0. The number of urea groups is 1. The third-order valence-corrected chi connectivity index (χ3v) is 3.76. The summed E-state index contributed by atoms with van der Waals surface area (Å²) in [5.41, 5.74) is 2.31. The van der Waals surface area contributed by atoms with Gasteiger partial charge in [0.2, 0.25) is 0 Å². The van der Waals surface area contributed by atoms with Gasteiger partial charge in [-0.05, 0) is 18.6 Å². The van der Waals surface area contributed by atoms with Gasteiger partial charge in [0.1, 0.15) is 0 Å². The van der Waals surface area contributed by atoms with Crippen molar-refractivity contribution < 1.29 is 14.7 Å². The van der Waals surface area contributed by atoms with E-state index in [2.05, 4.69) is 10.4 Å². The predicted molar refractivity (Wildman–Crippen MR) is 79.7 cm³/mol. The van der Waals surface area contributed by atoms with Crippen LogP contribution in [0.2, 0.25) is 0 Å². The highest BCUT2D eigenvalue weighted by Crippen LogP contribution is 2.22. The topological polar surface area (TPSA) is 87.5 Å². The number of nitrogens with zero attached hydrogens (tertiary/aromatic N) is 3. The maximum atomic E-state index is 12.3. The van der Waals surface area contributed by atoms with E-state index in [1.54, 1.807) is 16.6 Å². The van der Waals surface area contributed by atoms with Crippen molar-refractivity contribution >= 4 is 17.7 Å². The first-order valence-corrected chi connectivity index (χ1v) is 6.95. The second-order valence-corrected chi connectivity index (χ2v) is 5.17. The van der Waals surface area contributed by atoms with E-state index in [0.717, 1.165) is 16.9 Å². The first kappa shape index (κ1) is 14.1. The van der Waals surface area contributed by atoms with Gasteiger partial charge in [0.15, 0.2) is 5.69 Å². The van der Waals surface area contributed by atoms with Gasteiger partial charge in [-0.2, -0.15) is 5.10 Å². The number of anilines is 1. The molecule has 0 saturated carbocycles. The van der Waals surface area contributed by atoms with Gasteiger partial charge in [0.25, 0.3) is 0 Å². The van der Waals surface area contributed by atoms with Crippen molar-refractivity contribution in [1.82, 2.24) is 14.7 Å². The van der Waals surface area contributed by atoms with E-state index in [-0.39, 0.29) is 11.7 Å². The lowest BCUT2D eigenvalue weighted by Crippen LogP contribution is -2.39. The molecule has 1 aliphatic rings. The molecule has 3 rings (SSSR count). The average Bonchev–Trinajstić information content (AvgIpc) is 2.85. The van der Waals surface area contributed by atoms with Crippen molar-refractivity contribution in [3.63, 3.8) is 0 Å². The van der Waals surface area contributed by atoms with E-state index in [0.29, 0.717) is 19.5 Å². The van der Waals surface area contributed by atoms with E-state index >= 15 is 0 Å². The highest BCUT2D eigenvalue weighted by atomic mass is 16.4. The second-order valence-electron chi connectivity index (χ2n) is 5.17. The number of carbonyl (C=O) groups is 2. The van der Waals surface area contributed by atoms with Crippen LogP contribution in [0, 0.1) is 0 Å². The summed E-state index contributed by atoms with van der Waals surface area (Å²) in [7, 11) is 1.70. The summed E-state index contributed by atoms with van der Waals surface area (Å²) < 4.78 is 1.54. The number of aromatic nitrogens is 2. The molecule has 1 aliphatic heterocycles. The van der Waals surface area contributed by atoms with Crippen molar-refractivity contribution in [2.24, 2.45) is 7.05 Å². The summed E-state index contributed by atoms with van der Waals surface area (Å²) in [6.45, 7) is 0.822. The molecule has 114 valence electrons. The number of carbonyl (C=O) groups excluding carboxylic acids is 1. The average molecular weight is 300 g/mol. The molecule has 1 aromatic carbocycles. The molecule has 7 heteroatoms. The molecule has 0 saturated heterocycles. The highest BCUT2D eigenvalue weighted by Gasteiger charge is 2.28. The number of carboxylic acid groups (broad SMARTS) is 1. The normalized spacial score (nSPS) is 13.6. The number of fused-ring (bicyclic) bond motifs is 1. The number of para-hydroxylation sites is 1. The van der Waals surface area contributed by atoms with Crippen LogP contribution >= 0.6 is 0 Å². The van der Waals surface area contributed by atoms with Crippen molar-refractivity contribution in [2.75, 3.05) is 11.9 Å². The molecule has 0 radical (unpaired) electrons. The van der Waals surface area contributed by atoms with Crippen molar-refractivity contribution in [3.05, 3.63) is 47.3 Å². The Morgan fingerprint density at radius 3 is 2.68 bits per heavy atom. The molecule has 0 atom stereocenters. The van der Waals surface area contributed by atoms with Crippen LogP contribution in [0.5, 0.6) is 0 Å². The molecule has 0 bridgehead atoms. The quantitative estimate of drug-likeness (QED) is 0.884. The molecule has 0 spiro atoms. The number of carboxylic acids is 1. The molecular formula is C15H16N4O3. The maximum Gasteiger partial charge on any atom is 0.356 e. The third kappa shape index (κ3) is 2.52. The van der Waals surface area contributed by atoms with E-state index in [9.17, 15) is 9.59 Å². The number of hydrogen-bond acceptors (Lipinski definition) is 3. The summed E-state index contributed by atoms with van der Waals surface area (Å²) in [5.74, 6) is -1.03. The molecule has 22 heavy (non-hydrogen) atoms. The number of nitrogens with one attached hydrogen (secondary N) is 1. The number of aryl methyl sites for hydroxylation is 1. The van der Waals surface area contributed by atoms with Crippen molar-refractivity contribution in [3.8, 4) is 0 Å². The number of hydrogen-bond donors (Lipinski definition) is 2. The standard InChI is InChI=1S/C15H16N4O3/c1-18-12-9-19(8-7-11(12)13(17-18)14(20)21)15(22)16-10-5-3-2-4-6-10/h2-6H,7-9H2,1H3,(H,16,22)(H,20,21). The Morgan fingerprint density at radius 2 is 2.00 bits per heavy atom. The van der Waals surface area contributed by atoms with E-state index in [1.807, 2.05) is 30.3 Å². The molecule has 1 aromatic heterocycles. The van der Waals surface area contributed by atoms with Gasteiger partial charge >= 0.3 is 12.0 Å². The lowest BCUT2D eigenvalue weighted by atomic mass is 10.0. The molecule has 0 fully saturated rings. The summed E-state index contributed by atoms with van der Waals surface area (Å²) in [6.07, 6.45) is 0.493. The minimum atomic E-state index is -1.03. The van der Waals surface area contributed by atoms with Gasteiger partial charge in [-0.3, -0.25) is 4.68 Å². The van der Waals surface area contributed by atoms with Crippen LogP contribution in [0.4, 0.5) is 10.5 Å². The summed E-state index contributed by atoms with van der Waals surface area (Å²) >= 11 is 0. The molecule has 0 unspecified atom stereocenters. The zero-order valence-electron chi connectivity index (χ0n) is 12.1. The van der Waals surface area contributed by atoms with Crippen molar-refractivity contribution in [1.29, 1.82) is 0 Å². The first-order valence-electron chi connectivity index (χ1n) is 6.95. The monoisotopic (exact) mass is 300 g/mol. The van der Waals surface area contributed by atoms with E-state index < -0.39 is 5.97 Å². The van der Waals surface area contributed by atoms with Crippen LogP contribution < -0.4 is 5.32 Å². The number of amides is 2. The fourth-order valence-electron chi connectivity index (χ4n) is 2.64.